The number of thioether (sulfide) groups is 1. The molecule has 0 heterocycles. The number of rotatable bonds is 5. The second-order valence-corrected chi connectivity index (χ2v) is 7.60. The number of hydrogen-bond donors (Lipinski definition) is 1. The SMILES string of the molecule is NC(=Nc1cccc2ccccc12)SCC(=O)c1ccc(-c2ccccc2)cc1. The maximum atomic E-state index is 12.5. The van der Waals surface area contributed by atoms with Gasteiger partial charge < -0.3 is 5.73 Å². The average molecular weight is 397 g/mol. The van der Waals surface area contributed by atoms with Crippen LogP contribution in [0.25, 0.3) is 21.9 Å². The van der Waals surface area contributed by atoms with Crippen LogP contribution in [0.3, 0.4) is 0 Å². The Morgan fingerprint density at radius 1 is 0.759 bits per heavy atom. The summed E-state index contributed by atoms with van der Waals surface area (Å²) in [5.41, 5.74) is 9.79. The van der Waals surface area contributed by atoms with Crippen molar-refractivity contribution in [3.63, 3.8) is 0 Å². The molecule has 0 aliphatic carbocycles. The smallest absolute Gasteiger partial charge is 0.173 e. The molecule has 142 valence electrons. The van der Waals surface area contributed by atoms with Crippen LogP contribution < -0.4 is 5.73 Å². The zero-order chi connectivity index (χ0) is 20.1. The lowest BCUT2D eigenvalue weighted by Crippen LogP contribution is -2.11. The number of Topliss-reactive ketones (excluding diaryl/α,β-unsaturated/α-hetero) is 1. The Balaban J connectivity index is 1.43. The highest BCUT2D eigenvalue weighted by molar-refractivity contribution is 8.14. The van der Waals surface area contributed by atoms with Gasteiger partial charge in [0.1, 0.15) is 0 Å². The molecule has 0 bridgehead atoms. The fourth-order valence-corrected chi connectivity index (χ4v) is 3.77. The van der Waals surface area contributed by atoms with Gasteiger partial charge in [0, 0.05) is 10.9 Å². The monoisotopic (exact) mass is 396 g/mol. The third-order valence-electron chi connectivity index (χ3n) is 4.66. The van der Waals surface area contributed by atoms with Crippen molar-refractivity contribution in [3.8, 4) is 11.1 Å². The Kier molecular flexibility index (Phi) is 5.73. The molecule has 0 aromatic heterocycles. The number of nitrogens with two attached hydrogens (primary N) is 1. The molecular formula is C25H20N2OS. The van der Waals surface area contributed by atoms with E-state index in [4.69, 9.17) is 5.73 Å². The van der Waals surface area contributed by atoms with Gasteiger partial charge in [-0.15, -0.1) is 0 Å². The van der Waals surface area contributed by atoms with Crippen molar-refractivity contribution in [3.05, 3.63) is 103 Å². The number of fused-ring (bicyclic) bond motifs is 1. The van der Waals surface area contributed by atoms with Crippen molar-refractivity contribution in [2.24, 2.45) is 10.7 Å². The predicted octanol–water partition coefficient (Wildman–Crippen LogP) is 6.07. The van der Waals surface area contributed by atoms with E-state index in [9.17, 15) is 4.79 Å². The van der Waals surface area contributed by atoms with Gasteiger partial charge in [0.15, 0.2) is 11.0 Å². The van der Waals surface area contributed by atoms with Crippen molar-refractivity contribution in [2.75, 3.05) is 5.75 Å². The fourth-order valence-electron chi connectivity index (χ4n) is 3.16. The van der Waals surface area contributed by atoms with Crippen LogP contribution in [0.1, 0.15) is 10.4 Å². The molecule has 29 heavy (non-hydrogen) atoms. The molecule has 2 N–H and O–H groups in total. The quantitative estimate of drug-likeness (QED) is 0.253. The second kappa shape index (κ2) is 8.76. The van der Waals surface area contributed by atoms with Crippen LogP contribution >= 0.6 is 11.8 Å². The number of nitrogens with zero attached hydrogens (tertiary/aromatic N) is 1. The number of benzene rings is 4. The highest BCUT2D eigenvalue weighted by Gasteiger charge is 2.09. The summed E-state index contributed by atoms with van der Waals surface area (Å²) >= 11 is 1.26. The van der Waals surface area contributed by atoms with Crippen LogP contribution in [0.2, 0.25) is 0 Å². The normalized spacial score (nSPS) is 11.5. The minimum absolute atomic E-state index is 0.0330. The van der Waals surface area contributed by atoms with Crippen molar-refractivity contribution in [2.45, 2.75) is 0 Å². The Hall–Kier alpha value is -3.37. The highest BCUT2D eigenvalue weighted by Crippen LogP contribution is 2.26. The van der Waals surface area contributed by atoms with E-state index in [-0.39, 0.29) is 11.5 Å². The molecule has 0 amide bonds. The van der Waals surface area contributed by atoms with Crippen molar-refractivity contribution >= 4 is 39.2 Å². The first-order valence-corrected chi connectivity index (χ1v) is 10.3. The van der Waals surface area contributed by atoms with Gasteiger partial charge in [0.05, 0.1) is 11.4 Å². The summed E-state index contributed by atoms with van der Waals surface area (Å²) in [7, 11) is 0. The van der Waals surface area contributed by atoms with Crippen molar-refractivity contribution in [1.82, 2.24) is 0 Å². The summed E-state index contributed by atoms with van der Waals surface area (Å²) in [4.78, 5) is 17.0. The zero-order valence-electron chi connectivity index (χ0n) is 15.8. The minimum Gasteiger partial charge on any atom is -0.378 e. The molecule has 4 aromatic carbocycles. The Bertz CT molecular complexity index is 1160. The van der Waals surface area contributed by atoms with Crippen LogP contribution in [0.5, 0.6) is 0 Å². The number of carbonyl (C=O) groups excluding carboxylic acids is 1. The first kappa shape index (κ1) is 19.0. The van der Waals surface area contributed by atoms with Gasteiger partial charge in [-0.3, -0.25) is 4.79 Å². The van der Waals surface area contributed by atoms with Crippen LogP contribution in [0, 0.1) is 0 Å². The number of amidine groups is 1. The molecule has 0 aliphatic heterocycles. The molecule has 4 aromatic rings. The lowest BCUT2D eigenvalue weighted by atomic mass is 10.0. The molecule has 0 aliphatic rings. The third kappa shape index (κ3) is 4.55. The van der Waals surface area contributed by atoms with Gasteiger partial charge in [-0.2, -0.15) is 0 Å². The predicted molar refractivity (Wildman–Crippen MR) is 124 cm³/mol. The van der Waals surface area contributed by atoms with E-state index >= 15 is 0 Å². The summed E-state index contributed by atoms with van der Waals surface area (Å²) < 4.78 is 0. The molecule has 0 saturated carbocycles. The first-order chi connectivity index (χ1) is 14.2. The lowest BCUT2D eigenvalue weighted by Gasteiger charge is -2.05. The van der Waals surface area contributed by atoms with E-state index in [1.165, 1.54) is 11.8 Å². The summed E-state index contributed by atoms with van der Waals surface area (Å²) in [6.45, 7) is 0. The summed E-state index contributed by atoms with van der Waals surface area (Å²) in [5.74, 6) is 0.288. The average Bonchev–Trinajstić information content (AvgIpc) is 2.78. The lowest BCUT2D eigenvalue weighted by molar-refractivity contribution is 0.102. The van der Waals surface area contributed by atoms with Crippen molar-refractivity contribution < 1.29 is 4.79 Å². The van der Waals surface area contributed by atoms with Gasteiger partial charge in [0.25, 0.3) is 0 Å². The molecule has 0 fully saturated rings. The molecule has 0 radical (unpaired) electrons. The molecule has 4 rings (SSSR count). The summed E-state index contributed by atoms with van der Waals surface area (Å²) in [5, 5.41) is 2.54. The minimum atomic E-state index is 0.0330. The third-order valence-corrected chi connectivity index (χ3v) is 5.46. The topological polar surface area (TPSA) is 55.4 Å². The van der Waals surface area contributed by atoms with Crippen LogP contribution in [0.15, 0.2) is 102 Å². The molecule has 0 spiro atoms. The Morgan fingerprint density at radius 2 is 1.41 bits per heavy atom. The maximum Gasteiger partial charge on any atom is 0.173 e. The van der Waals surface area contributed by atoms with Gasteiger partial charge in [-0.25, -0.2) is 4.99 Å². The van der Waals surface area contributed by atoms with Gasteiger partial charge in [-0.05, 0) is 22.6 Å². The van der Waals surface area contributed by atoms with E-state index in [0.717, 1.165) is 27.6 Å². The van der Waals surface area contributed by atoms with E-state index in [2.05, 4.69) is 17.1 Å². The standard InChI is InChI=1S/C25H20N2OS/c26-25(27-23-12-6-10-20-9-4-5-11-22(20)23)29-17-24(28)21-15-13-19(14-16-21)18-7-2-1-3-8-18/h1-16H,17H2,(H2,26,27). The van der Waals surface area contributed by atoms with Gasteiger partial charge in [-0.1, -0.05) is 103 Å². The summed E-state index contributed by atoms with van der Waals surface area (Å²) in [6, 6.07) is 31.7. The van der Waals surface area contributed by atoms with E-state index < -0.39 is 0 Å². The van der Waals surface area contributed by atoms with Gasteiger partial charge in [0.2, 0.25) is 0 Å². The van der Waals surface area contributed by atoms with Gasteiger partial charge >= 0.3 is 0 Å². The number of ketones is 1. The molecule has 0 atom stereocenters. The largest absolute Gasteiger partial charge is 0.378 e. The number of carbonyl (C=O) groups is 1. The number of hydrogen-bond acceptors (Lipinski definition) is 3. The Morgan fingerprint density at radius 3 is 2.21 bits per heavy atom. The second-order valence-electron chi connectivity index (χ2n) is 6.60. The maximum absolute atomic E-state index is 12.5. The van der Waals surface area contributed by atoms with E-state index in [1.54, 1.807) is 0 Å². The molecule has 0 saturated heterocycles. The number of aliphatic imine (C=N–C) groups is 1. The van der Waals surface area contributed by atoms with E-state index in [0.29, 0.717) is 10.7 Å². The van der Waals surface area contributed by atoms with E-state index in [1.807, 2.05) is 84.9 Å². The molecule has 0 unspecified atom stereocenters. The van der Waals surface area contributed by atoms with Crippen LogP contribution in [0.4, 0.5) is 5.69 Å². The van der Waals surface area contributed by atoms with Crippen LogP contribution in [-0.2, 0) is 0 Å². The molecular weight excluding hydrogens is 376 g/mol. The molecule has 3 nitrogen and oxygen atoms in total. The zero-order valence-corrected chi connectivity index (χ0v) is 16.6. The fraction of sp³-hybridized carbons (Fsp3) is 0.0400. The first-order valence-electron chi connectivity index (χ1n) is 9.34. The van der Waals surface area contributed by atoms with Crippen LogP contribution in [-0.4, -0.2) is 16.7 Å². The summed E-state index contributed by atoms with van der Waals surface area (Å²) in [6.07, 6.45) is 0. The highest BCUT2D eigenvalue weighted by atomic mass is 32.2. The molecule has 4 heteroatoms. The van der Waals surface area contributed by atoms with Crippen molar-refractivity contribution in [1.29, 1.82) is 0 Å². The Labute approximate surface area is 174 Å².